The van der Waals surface area contributed by atoms with Crippen LogP contribution in [0.1, 0.15) is 144 Å². The van der Waals surface area contributed by atoms with E-state index in [0.717, 1.165) is 77.0 Å². The zero-order valence-electron chi connectivity index (χ0n) is 31.7. The van der Waals surface area contributed by atoms with Gasteiger partial charge in [0.2, 0.25) is 0 Å². The summed E-state index contributed by atoms with van der Waals surface area (Å²) >= 11 is 7.85. The second-order valence-electron chi connectivity index (χ2n) is 14.8. The van der Waals surface area contributed by atoms with Gasteiger partial charge in [0.1, 0.15) is 0 Å². The monoisotopic (exact) mass is 858 g/mol. The summed E-state index contributed by atoms with van der Waals surface area (Å²) in [5.74, 6) is -1.57. The summed E-state index contributed by atoms with van der Waals surface area (Å²) in [6.45, 7) is 13.1. The fourth-order valence-electron chi connectivity index (χ4n) is 5.49. The van der Waals surface area contributed by atoms with Crippen molar-refractivity contribution in [3.05, 3.63) is 0 Å². The summed E-state index contributed by atoms with van der Waals surface area (Å²) in [4.78, 5) is 53.7. The second-order valence-corrected chi connectivity index (χ2v) is 22.9. The third kappa shape index (κ3) is 23.8. The molecule has 8 nitrogen and oxygen atoms in total. The minimum absolute atomic E-state index is 0.195. The van der Waals surface area contributed by atoms with E-state index < -0.39 is 61.3 Å². The molecule has 0 aliphatic heterocycles. The molecule has 0 N–H and O–H groups in total. The van der Waals surface area contributed by atoms with Crippen LogP contribution in [0.2, 0.25) is 4.44 Å². The van der Waals surface area contributed by atoms with Crippen molar-refractivity contribution >= 4 is 81.4 Å². The SMILES string of the molecule is COC(=O)C[CH2][Sn]([O]C(=O)C(CS)CCCCCC(C)C)([O]C(=O)C(CS)CCCCCC(C)C)[O]C(=O)C(CS)CCCCCC(C)C. The number of hydrogen-bond donors (Lipinski definition) is 3. The Hall–Kier alpha value is -0.271. The quantitative estimate of drug-likeness (QED) is 0.0284. The van der Waals surface area contributed by atoms with Gasteiger partial charge in [0, 0.05) is 0 Å². The molecule has 0 spiro atoms. The molecule has 12 heteroatoms. The summed E-state index contributed by atoms with van der Waals surface area (Å²) in [6.07, 6.45) is 13.3. The fourth-order valence-corrected chi connectivity index (χ4v) is 13.2. The van der Waals surface area contributed by atoms with Gasteiger partial charge in [0.05, 0.1) is 0 Å². The second kappa shape index (κ2) is 29.2. The number of unbranched alkanes of at least 4 members (excludes halogenated alkanes) is 6. The summed E-state index contributed by atoms with van der Waals surface area (Å²) in [7, 11) is 1.26. The van der Waals surface area contributed by atoms with E-state index in [1.807, 2.05) is 0 Å². The third-order valence-electron chi connectivity index (χ3n) is 8.79. The Balaban J connectivity index is 6.23. The van der Waals surface area contributed by atoms with Gasteiger partial charge in [-0.3, -0.25) is 0 Å². The molecule has 288 valence electrons. The normalized spacial score (nSPS) is 14.7. The van der Waals surface area contributed by atoms with E-state index in [2.05, 4.69) is 79.4 Å². The molecule has 0 amide bonds. The number of hydrogen-bond acceptors (Lipinski definition) is 11. The van der Waals surface area contributed by atoms with Crippen LogP contribution in [0.5, 0.6) is 0 Å². The van der Waals surface area contributed by atoms with Gasteiger partial charge in [-0.2, -0.15) is 0 Å². The van der Waals surface area contributed by atoms with Crippen LogP contribution < -0.4 is 0 Å². The van der Waals surface area contributed by atoms with E-state index in [1.165, 1.54) is 7.11 Å². The van der Waals surface area contributed by atoms with Crippen LogP contribution in [0, 0.1) is 35.5 Å². The molecule has 0 fully saturated rings. The molecule has 0 saturated carbocycles. The number of ether oxygens (including phenoxy) is 1. The Morgan fingerprint density at radius 3 is 1.02 bits per heavy atom. The first-order valence-electron chi connectivity index (χ1n) is 18.8. The molecule has 0 heterocycles. The van der Waals surface area contributed by atoms with Crippen molar-refractivity contribution in [2.45, 2.75) is 149 Å². The molecule has 0 saturated heterocycles. The Labute approximate surface area is 321 Å². The Morgan fingerprint density at radius 1 is 0.490 bits per heavy atom. The van der Waals surface area contributed by atoms with E-state index in [0.29, 0.717) is 37.0 Å². The van der Waals surface area contributed by atoms with Crippen molar-refractivity contribution < 1.29 is 33.1 Å². The standard InChI is InChI=1S/3C11H22O2S.C4H7O2.Sn/c3*1-9(2)6-4-3-5-7-10(8-14)11(12)13;1-3-4(5)6-2;/h3*9-10,14H,3-8H2,1-2H3,(H,12,13);1,3H2,2H3;/q;;;;+3/p-3. The van der Waals surface area contributed by atoms with Crippen molar-refractivity contribution in [1.82, 2.24) is 0 Å². The average molecular weight is 858 g/mol. The van der Waals surface area contributed by atoms with Crippen LogP contribution in [-0.2, 0) is 33.1 Å². The van der Waals surface area contributed by atoms with E-state index in [9.17, 15) is 19.2 Å². The van der Waals surface area contributed by atoms with Gasteiger partial charge in [-0.15, -0.1) is 0 Å². The van der Waals surface area contributed by atoms with Gasteiger partial charge in [-0.1, -0.05) is 0 Å². The molecule has 0 aromatic rings. The molecule has 3 atom stereocenters. The van der Waals surface area contributed by atoms with Crippen LogP contribution in [-0.4, -0.2) is 67.9 Å². The molecule has 0 aromatic carbocycles. The van der Waals surface area contributed by atoms with Crippen molar-refractivity contribution in [3.63, 3.8) is 0 Å². The van der Waals surface area contributed by atoms with E-state index in [4.69, 9.17) is 14.0 Å². The predicted molar refractivity (Wildman–Crippen MR) is 211 cm³/mol. The molecular formula is C37H70O8S3Sn. The summed E-state index contributed by atoms with van der Waals surface area (Å²) in [5.41, 5.74) is 0. The average Bonchev–Trinajstić information content (AvgIpc) is 3.04. The fraction of sp³-hybridized carbons (Fsp3) is 0.892. The van der Waals surface area contributed by atoms with Gasteiger partial charge in [-0.05, 0) is 0 Å². The number of rotatable bonds is 30. The number of carbonyl (C=O) groups is 4. The summed E-state index contributed by atoms with van der Waals surface area (Å²) in [6, 6.07) is 0. The summed E-state index contributed by atoms with van der Waals surface area (Å²) < 4.78 is 23.1. The number of thiol groups is 3. The molecule has 0 aliphatic rings. The van der Waals surface area contributed by atoms with Gasteiger partial charge >= 0.3 is 323 Å². The van der Waals surface area contributed by atoms with E-state index in [-0.39, 0.29) is 28.1 Å². The Morgan fingerprint density at radius 2 is 0.776 bits per heavy atom. The third-order valence-corrected chi connectivity index (χ3v) is 17.0. The minimum atomic E-state index is -5.49. The maximum atomic E-state index is 13.8. The number of methoxy groups -OCH3 is 1. The zero-order chi connectivity index (χ0) is 37.2. The molecule has 0 aliphatic carbocycles. The summed E-state index contributed by atoms with van der Waals surface area (Å²) in [5, 5.41) is 0. The number of esters is 1. The first-order valence-corrected chi connectivity index (χ1v) is 26.2. The van der Waals surface area contributed by atoms with E-state index in [1.54, 1.807) is 0 Å². The molecule has 49 heavy (non-hydrogen) atoms. The van der Waals surface area contributed by atoms with Crippen molar-refractivity contribution in [2.75, 3.05) is 24.4 Å². The van der Waals surface area contributed by atoms with Gasteiger partial charge in [-0.25, -0.2) is 0 Å². The molecule has 0 rings (SSSR count). The molecule has 0 radical (unpaired) electrons. The van der Waals surface area contributed by atoms with Gasteiger partial charge in [0.25, 0.3) is 0 Å². The first kappa shape index (κ1) is 48.7. The Kier molecular flexibility index (Phi) is 29.1. The van der Waals surface area contributed by atoms with E-state index >= 15 is 0 Å². The van der Waals surface area contributed by atoms with Gasteiger partial charge in [0.15, 0.2) is 0 Å². The maximum absolute atomic E-state index is 13.8. The van der Waals surface area contributed by atoms with Crippen LogP contribution in [0.15, 0.2) is 0 Å². The van der Waals surface area contributed by atoms with Crippen molar-refractivity contribution in [2.24, 2.45) is 35.5 Å². The molecule has 0 bridgehead atoms. The Bertz CT molecular complexity index is 820. The first-order chi connectivity index (χ1) is 23.2. The van der Waals surface area contributed by atoms with Crippen molar-refractivity contribution in [3.8, 4) is 0 Å². The van der Waals surface area contributed by atoms with Crippen molar-refractivity contribution in [1.29, 1.82) is 0 Å². The van der Waals surface area contributed by atoms with Crippen LogP contribution in [0.4, 0.5) is 0 Å². The zero-order valence-corrected chi connectivity index (χ0v) is 37.3. The molecule has 0 aromatic heterocycles. The topological polar surface area (TPSA) is 105 Å². The molecular weight excluding hydrogens is 787 g/mol. The molecule has 3 unspecified atom stereocenters. The van der Waals surface area contributed by atoms with Crippen LogP contribution in [0.25, 0.3) is 0 Å². The van der Waals surface area contributed by atoms with Crippen LogP contribution >= 0.6 is 37.9 Å². The van der Waals surface area contributed by atoms with Gasteiger partial charge < -0.3 is 0 Å². The number of carbonyl (C=O) groups excluding carboxylic acids is 4. The predicted octanol–water partition coefficient (Wildman–Crippen LogP) is 9.58. The van der Waals surface area contributed by atoms with Crippen LogP contribution in [0.3, 0.4) is 0 Å².